The minimum Gasteiger partial charge on any atom is -0.493 e. The third-order valence-corrected chi connectivity index (χ3v) is 6.30. The van der Waals surface area contributed by atoms with Crippen molar-refractivity contribution in [2.24, 2.45) is 0 Å². The summed E-state index contributed by atoms with van der Waals surface area (Å²) in [7, 11) is 0. The number of fused-ring (bicyclic) bond motifs is 1. The fourth-order valence-electron chi connectivity index (χ4n) is 4.25. The van der Waals surface area contributed by atoms with Crippen molar-refractivity contribution in [1.29, 1.82) is 0 Å². The van der Waals surface area contributed by atoms with Crippen LogP contribution >= 0.6 is 0 Å². The van der Waals surface area contributed by atoms with Crippen LogP contribution in [0.25, 0.3) is 33.7 Å². The standard InChI is InChI=1S/C29H30F2N2O4/c1-2-3-4-5-6-7-8-9-16-36-22-12-14-23(26(31)19-22)20-10-13-24(25(30)17-20)29-32-27-18-21(33(34)35)11-15-28(27)37-29/h10-15,17-19H,2-9,16H2,1H3. The number of oxazole rings is 1. The molecular formula is C29H30F2N2O4. The molecule has 0 radical (unpaired) electrons. The quantitative estimate of drug-likeness (QED) is 0.102. The minimum atomic E-state index is -0.645. The normalized spacial score (nSPS) is 11.2. The predicted molar refractivity (Wildman–Crippen MR) is 140 cm³/mol. The Hall–Kier alpha value is -3.81. The van der Waals surface area contributed by atoms with Crippen LogP contribution in [0.2, 0.25) is 0 Å². The zero-order valence-electron chi connectivity index (χ0n) is 20.8. The number of nitrogens with zero attached hydrogens (tertiary/aromatic N) is 2. The summed E-state index contributed by atoms with van der Waals surface area (Å²) in [6.45, 7) is 2.74. The molecule has 0 saturated heterocycles. The fraction of sp³-hybridized carbons (Fsp3) is 0.345. The van der Waals surface area contributed by atoms with Gasteiger partial charge in [-0.25, -0.2) is 13.8 Å². The Bertz CT molecular complexity index is 1370. The molecule has 1 aromatic heterocycles. The largest absolute Gasteiger partial charge is 0.493 e. The maximum atomic E-state index is 15.0. The van der Waals surface area contributed by atoms with Crippen molar-refractivity contribution in [3.05, 3.63) is 76.3 Å². The number of aromatic nitrogens is 1. The second kappa shape index (κ2) is 12.4. The van der Waals surface area contributed by atoms with E-state index in [9.17, 15) is 18.9 Å². The van der Waals surface area contributed by atoms with Gasteiger partial charge in [0, 0.05) is 23.8 Å². The predicted octanol–water partition coefficient (Wildman–Crippen LogP) is 8.87. The molecule has 1 heterocycles. The Labute approximate surface area is 214 Å². The second-order valence-corrected chi connectivity index (χ2v) is 9.09. The van der Waals surface area contributed by atoms with Crippen LogP contribution in [0.5, 0.6) is 5.75 Å². The van der Waals surface area contributed by atoms with Gasteiger partial charge in [-0.15, -0.1) is 0 Å². The van der Waals surface area contributed by atoms with Gasteiger partial charge < -0.3 is 9.15 Å². The highest BCUT2D eigenvalue weighted by molar-refractivity contribution is 5.79. The van der Waals surface area contributed by atoms with Crippen molar-refractivity contribution >= 4 is 16.8 Å². The Morgan fingerprint density at radius 1 is 0.865 bits per heavy atom. The number of non-ortho nitro benzene ring substituents is 1. The van der Waals surface area contributed by atoms with Gasteiger partial charge in [0.1, 0.15) is 22.9 Å². The molecule has 0 N–H and O–H groups in total. The maximum absolute atomic E-state index is 15.0. The van der Waals surface area contributed by atoms with Gasteiger partial charge in [-0.3, -0.25) is 10.1 Å². The summed E-state index contributed by atoms with van der Waals surface area (Å²) in [6.07, 6.45) is 9.58. The zero-order chi connectivity index (χ0) is 26.2. The molecule has 0 amide bonds. The lowest BCUT2D eigenvalue weighted by molar-refractivity contribution is -0.384. The third-order valence-electron chi connectivity index (χ3n) is 6.30. The number of ether oxygens (including phenoxy) is 1. The molecule has 194 valence electrons. The lowest BCUT2D eigenvalue weighted by Gasteiger charge is -2.10. The summed E-state index contributed by atoms with van der Waals surface area (Å²) in [5.74, 6) is -0.714. The molecule has 4 aromatic rings. The molecule has 8 heteroatoms. The summed E-state index contributed by atoms with van der Waals surface area (Å²) in [5.41, 5.74) is 1.11. The van der Waals surface area contributed by atoms with Crippen LogP contribution in [0.3, 0.4) is 0 Å². The zero-order valence-corrected chi connectivity index (χ0v) is 20.8. The number of halogens is 2. The van der Waals surface area contributed by atoms with E-state index in [1.54, 1.807) is 18.2 Å². The second-order valence-electron chi connectivity index (χ2n) is 9.09. The summed E-state index contributed by atoms with van der Waals surface area (Å²) >= 11 is 0. The van der Waals surface area contributed by atoms with E-state index in [2.05, 4.69) is 11.9 Å². The first-order valence-electron chi connectivity index (χ1n) is 12.7. The number of benzene rings is 3. The Morgan fingerprint density at radius 3 is 2.27 bits per heavy atom. The van der Waals surface area contributed by atoms with Crippen LogP contribution in [0.4, 0.5) is 14.5 Å². The van der Waals surface area contributed by atoms with Gasteiger partial charge in [-0.2, -0.15) is 0 Å². The van der Waals surface area contributed by atoms with Crippen LogP contribution in [-0.4, -0.2) is 16.5 Å². The van der Waals surface area contributed by atoms with Crippen molar-refractivity contribution in [2.45, 2.75) is 58.3 Å². The van der Waals surface area contributed by atoms with Crippen LogP contribution in [0.1, 0.15) is 58.3 Å². The maximum Gasteiger partial charge on any atom is 0.271 e. The summed E-state index contributed by atoms with van der Waals surface area (Å²) in [6, 6.07) is 12.8. The van der Waals surface area contributed by atoms with Crippen molar-refractivity contribution in [1.82, 2.24) is 4.98 Å². The molecule has 0 atom stereocenters. The highest BCUT2D eigenvalue weighted by atomic mass is 19.1. The first kappa shape index (κ1) is 26.3. The van der Waals surface area contributed by atoms with Gasteiger partial charge in [0.15, 0.2) is 5.58 Å². The van der Waals surface area contributed by atoms with Crippen LogP contribution in [-0.2, 0) is 0 Å². The smallest absolute Gasteiger partial charge is 0.271 e. The number of hydrogen-bond donors (Lipinski definition) is 0. The highest BCUT2D eigenvalue weighted by Gasteiger charge is 2.17. The first-order valence-corrected chi connectivity index (χ1v) is 12.7. The Morgan fingerprint density at radius 2 is 1.57 bits per heavy atom. The molecule has 0 spiro atoms. The van der Waals surface area contributed by atoms with E-state index in [1.165, 1.54) is 74.9 Å². The van der Waals surface area contributed by atoms with E-state index in [1.807, 2.05) is 0 Å². The van der Waals surface area contributed by atoms with Crippen molar-refractivity contribution in [3.8, 4) is 28.3 Å². The fourth-order valence-corrected chi connectivity index (χ4v) is 4.25. The third kappa shape index (κ3) is 6.70. The molecule has 0 aliphatic rings. The number of hydrogen-bond acceptors (Lipinski definition) is 5. The van der Waals surface area contributed by atoms with E-state index in [-0.39, 0.29) is 28.2 Å². The molecule has 0 saturated carbocycles. The Kier molecular flexibility index (Phi) is 8.82. The molecule has 37 heavy (non-hydrogen) atoms. The average molecular weight is 509 g/mol. The topological polar surface area (TPSA) is 78.4 Å². The molecule has 3 aromatic carbocycles. The average Bonchev–Trinajstić information content (AvgIpc) is 3.31. The van der Waals surface area contributed by atoms with Gasteiger partial charge in [0.25, 0.3) is 5.69 Å². The summed E-state index contributed by atoms with van der Waals surface area (Å²) < 4.78 is 41.1. The first-order chi connectivity index (χ1) is 18.0. The molecular weight excluding hydrogens is 478 g/mol. The van der Waals surface area contributed by atoms with Gasteiger partial charge in [0.2, 0.25) is 5.89 Å². The summed E-state index contributed by atoms with van der Waals surface area (Å²) in [4.78, 5) is 14.6. The molecule has 4 rings (SSSR count). The number of rotatable bonds is 13. The van der Waals surface area contributed by atoms with E-state index >= 15 is 0 Å². The molecule has 0 bridgehead atoms. The van der Waals surface area contributed by atoms with Crippen LogP contribution in [0.15, 0.2) is 59.0 Å². The number of unbranched alkanes of at least 4 members (excludes halogenated alkanes) is 7. The van der Waals surface area contributed by atoms with Crippen molar-refractivity contribution in [3.63, 3.8) is 0 Å². The lowest BCUT2D eigenvalue weighted by atomic mass is 10.0. The highest BCUT2D eigenvalue weighted by Crippen LogP contribution is 2.32. The lowest BCUT2D eigenvalue weighted by Crippen LogP contribution is -1.98. The van der Waals surface area contributed by atoms with Crippen LogP contribution < -0.4 is 4.74 Å². The van der Waals surface area contributed by atoms with E-state index < -0.39 is 16.6 Å². The van der Waals surface area contributed by atoms with E-state index in [0.717, 1.165) is 12.8 Å². The van der Waals surface area contributed by atoms with Gasteiger partial charge >= 0.3 is 0 Å². The molecule has 0 fully saturated rings. The van der Waals surface area contributed by atoms with Gasteiger partial charge in [0.05, 0.1) is 17.1 Å². The van der Waals surface area contributed by atoms with Crippen LogP contribution in [0, 0.1) is 21.7 Å². The van der Waals surface area contributed by atoms with Crippen molar-refractivity contribution < 1.29 is 22.9 Å². The molecule has 6 nitrogen and oxygen atoms in total. The van der Waals surface area contributed by atoms with Gasteiger partial charge in [-0.05, 0) is 42.3 Å². The van der Waals surface area contributed by atoms with Gasteiger partial charge in [-0.1, -0.05) is 57.9 Å². The molecule has 0 aliphatic carbocycles. The number of nitro groups is 1. The summed E-state index contributed by atoms with van der Waals surface area (Å²) in [5, 5.41) is 11.0. The molecule has 0 aliphatic heterocycles. The van der Waals surface area contributed by atoms with Crippen molar-refractivity contribution in [2.75, 3.05) is 6.61 Å². The molecule has 0 unspecified atom stereocenters. The minimum absolute atomic E-state index is 0.00951. The monoisotopic (exact) mass is 508 g/mol. The van der Waals surface area contributed by atoms with E-state index in [4.69, 9.17) is 9.15 Å². The number of nitro benzene ring substituents is 1. The Balaban J connectivity index is 1.37. The van der Waals surface area contributed by atoms with E-state index in [0.29, 0.717) is 23.5 Å². The SMILES string of the molecule is CCCCCCCCCCOc1ccc(-c2ccc(-c3nc4cc([N+](=O)[O-])ccc4o3)c(F)c2)c(F)c1.